The standard InChI is InChI=1S/C19H25N5O2/c1-3-23-9-11-24(12-10-23)18-13-16(20-14-21-18)19(25)22-15-7-5-6-8-17(15)26-4-2/h5-8,13-14H,3-4,9-12H2,1-2H3,(H,22,25). The van der Waals surface area contributed by atoms with E-state index in [9.17, 15) is 4.79 Å². The fraction of sp³-hybridized carbons (Fsp3) is 0.421. The highest BCUT2D eigenvalue weighted by atomic mass is 16.5. The summed E-state index contributed by atoms with van der Waals surface area (Å²) in [6, 6.07) is 9.13. The zero-order valence-electron chi connectivity index (χ0n) is 15.3. The molecule has 0 radical (unpaired) electrons. The second-order valence-electron chi connectivity index (χ2n) is 6.07. The number of anilines is 2. The van der Waals surface area contributed by atoms with E-state index in [4.69, 9.17) is 4.74 Å². The molecule has 1 aromatic carbocycles. The number of benzene rings is 1. The maximum atomic E-state index is 12.6. The van der Waals surface area contributed by atoms with Crippen molar-refractivity contribution in [1.82, 2.24) is 14.9 Å². The summed E-state index contributed by atoms with van der Waals surface area (Å²) in [5, 5.41) is 2.88. The van der Waals surface area contributed by atoms with Gasteiger partial charge in [-0.3, -0.25) is 4.79 Å². The van der Waals surface area contributed by atoms with Crippen LogP contribution < -0.4 is 15.0 Å². The van der Waals surface area contributed by atoms with Crippen LogP contribution >= 0.6 is 0 Å². The van der Waals surface area contributed by atoms with E-state index < -0.39 is 0 Å². The van der Waals surface area contributed by atoms with Crippen molar-refractivity contribution in [3.8, 4) is 5.75 Å². The van der Waals surface area contributed by atoms with Crippen LogP contribution in [0.15, 0.2) is 36.7 Å². The van der Waals surface area contributed by atoms with Crippen LogP contribution in [0.1, 0.15) is 24.3 Å². The van der Waals surface area contributed by atoms with Crippen LogP contribution in [-0.4, -0.2) is 60.1 Å². The Kier molecular flexibility index (Phi) is 6.01. The number of ether oxygens (including phenoxy) is 1. The molecule has 1 aliphatic rings. The van der Waals surface area contributed by atoms with Crippen LogP contribution in [-0.2, 0) is 0 Å². The van der Waals surface area contributed by atoms with E-state index in [1.807, 2.05) is 31.2 Å². The minimum atomic E-state index is -0.270. The number of hydrogen-bond acceptors (Lipinski definition) is 6. The van der Waals surface area contributed by atoms with Gasteiger partial charge in [-0.1, -0.05) is 19.1 Å². The Hall–Kier alpha value is -2.67. The molecule has 1 aliphatic heterocycles. The minimum Gasteiger partial charge on any atom is -0.492 e. The number of carbonyl (C=O) groups is 1. The molecule has 26 heavy (non-hydrogen) atoms. The summed E-state index contributed by atoms with van der Waals surface area (Å²) in [5.41, 5.74) is 0.982. The molecular weight excluding hydrogens is 330 g/mol. The molecule has 0 atom stereocenters. The Labute approximate surface area is 154 Å². The number of rotatable bonds is 6. The fourth-order valence-electron chi connectivity index (χ4n) is 2.97. The van der Waals surface area contributed by atoms with Crippen LogP contribution in [0.4, 0.5) is 11.5 Å². The van der Waals surface area contributed by atoms with Crippen LogP contribution in [0.5, 0.6) is 5.75 Å². The molecule has 1 aromatic heterocycles. The van der Waals surface area contributed by atoms with Gasteiger partial charge in [0.15, 0.2) is 0 Å². The number of likely N-dealkylation sites (N-methyl/N-ethyl adjacent to an activating group) is 1. The smallest absolute Gasteiger partial charge is 0.274 e. The second-order valence-corrected chi connectivity index (χ2v) is 6.07. The molecule has 0 aliphatic carbocycles. The summed E-state index contributed by atoms with van der Waals surface area (Å²) in [6.07, 6.45) is 1.45. The zero-order chi connectivity index (χ0) is 18.4. The number of para-hydroxylation sites is 2. The van der Waals surface area contributed by atoms with Gasteiger partial charge < -0.3 is 19.9 Å². The molecule has 1 saturated heterocycles. The highest BCUT2D eigenvalue weighted by Gasteiger charge is 2.19. The first-order valence-electron chi connectivity index (χ1n) is 9.03. The summed E-state index contributed by atoms with van der Waals surface area (Å²) in [4.78, 5) is 25.7. The van der Waals surface area contributed by atoms with E-state index in [0.717, 1.165) is 38.5 Å². The zero-order valence-corrected chi connectivity index (χ0v) is 15.3. The molecule has 138 valence electrons. The van der Waals surface area contributed by atoms with Gasteiger partial charge in [-0.25, -0.2) is 9.97 Å². The lowest BCUT2D eigenvalue weighted by atomic mass is 10.2. The van der Waals surface area contributed by atoms with Gasteiger partial charge in [0.25, 0.3) is 5.91 Å². The molecule has 2 heterocycles. The molecule has 7 nitrogen and oxygen atoms in total. The van der Waals surface area contributed by atoms with Crippen molar-refractivity contribution in [3.05, 3.63) is 42.4 Å². The average molecular weight is 355 g/mol. The van der Waals surface area contributed by atoms with Crippen molar-refractivity contribution in [2.24, 2.45) is 0 Å². The summed E-state index contributed by atoms with van der Waals surface area (Å²) < 4.78 is 5.55. The van der Waals surface area contributed by atoms with Gasteiger partial charge in [0.2, 0.25) is 0 Å². The number of aromatic nitrogens is 2. The van der Waals surface area contributed by atoms with E-state index in [2.05, 4.69) is 32.0 Å². The molecule has 0 saturated carbocycles. The molecule has 0 bridgehead atoms. The molecule has 1 amide bonds. The van der Waals surface area contributed by atoms with Crippen LogP contribution in [0.3, 0.4) is 0 Å². The predicted molar refractivity (Wildman–Crippen MR) is 102 cm³/mol. The van der Waals surface area contributed by atoms with Gasteiger partial charge in [-0.15, -0.1) is 0 Å². The summed E-state index contributed by atoms with van der Waals surface area (Å²) in [6.45, 7) is 9.49. The molecule has 2 aromatic rings. The number of nitrogens with zero attached hydrogens (tertiary/aromatic N) is 4. The van der Waals surface area contributed by atoms with Crippen molar-refractivity contribution < 1.29 is 9.53 Å². The average Bonchev–Trinajstić information content (AvgIpc) is 2.70. The molecule has 1 fully saturated rings. The van der Waals surface area contributed by atoms with Gasteiger partial charge in [-0.05, 0) is 25.6 Å². The first kappa shape index (κ1) is 18.1. The molecule has 1 N–H and O–H groups in total. The molecule has 3 rings (SSSR count). The highest BCUT2D eigenvalue weighted by Crippen LogP contribution is 2.24. The Morgan fingerprint density at radius 1 is 1.15 bits per heavy atom. The van der Waals surface area contributed by atoms with E-state index in [0.29, 0.717) is 23.7 Å². The van der Waals surface area contributed by atoms with E-state index in [1.54, 1.807) is 6.07 Å². The number of hydrogen-bond donors (Lipinski definition) is 1. The molecular formula is C19H25N5O2. The Bertz CT molecular complexity index is 744. The van der Waals surface area contributed by atoms with Gasteiger partial charge >= 0.3 is 0 Å². The minimum absolute atomic E-state index is 0.270. The van der Waals surface area contributed by atoms with Crippen molar-refractivity contribution in [3.63, 3.8) is 0 Å². The first-order valence-corrected chi connectivity index (χ1v) is 9.03. The third-order valence-electron chi connectivity index (χ3n) is 4.46. The van der Waals surface area contributed by atoms with E-state index in [1.165, 1.54) is 6.33 Å². The third-order valence-corrected chi connectivity index (χ3v) is 4.46. The lowest BCUT2D eigenvalue weighted by molar-refractivity contribution is 0.102. The SMILES string of the molecule is CCOc1ccccc1NC(=O)c1cc(N2CCN(CC)CC2)ncn1. The summed E-state index contributed by atoms with van der Waals surface area (Å²) in [7, 11) is 0. The van der Waals surface area contributed by atoms with Crippen molar-refractivity contribution in [2.75, 3.05) is 49.5 Å². The van der Waals surface area contributed by atoms with E-state index in [-0.39, 0.29) is 5.91 Å². The Balaban J connectivity index is 1.71. The Morgan fingerprint density at radius 3 is 2.65 bits per heavy atom. The third kappa shape index (κ3) is 4.29. The van der Waals surface area contributed by atoms with Gasteiger partial charge in [-0.2, -0.15) is 0 Å². The summed E-state index contributed by atoms with van der Waals surface area (Å²) >= 11 is 0. The molecule has 0 unspecified atom stereocenters. The van der Waals surface area contributed by atoms with Crippen molar-refractivity contribution >= 4 is 17.4 Å². The molecule has 0 spiro atoms. The second kappa shape index (κ2) is 8.62. The largest absolute Gasteiger partial charge is 0.492 e. The number of amides is 1. The van der Waals surface area contributed by atoms with Crippen LogP contribution in [0.25, 0.3) is 0 Å². The maximum absolute atomic E-state index is 12.6. The predicted octanol–water partition coefficient (Wildman–Crippen LogP) is 2.27. The number of piperazine rings is 1. The normalized spacial score (nSPS) is 14.9. The van der Waals surface area contributed by atoms with Crippen LogP contribution in [0, 0.1) is 0 Å². The van der Waals surface area contributed by atoms with E-state index >= 15 is 0 Å². The highest BCUT2D eigenvalue weighted by molar-refractivity contribution is 6.04. The van der Waals surface area contributed by atoms with Gasteiger partial charge in [0, 0.05) is 32.2 Å². The number of carbonyl (C=O) groups excluding carboxylic acids is 1. The fourth-order valence-corrected chi connectivity index (χ4v) is 2.97. The first-order chi connectivity index (χ1) is 12.7. The van der Waals surface area contributed by atoms with Crippen LogP contribution in [0.2, 0.25) is 0 Å². The number of nitrogens with one attached hydrogen (secondary N) is 1. The summed E-state index contributed by atoms with van der Waals surface area (Å²) in [5.74, 6) is 1.17. The lowest BCUT2D eigenvalue weighted by Gasteiger charge is -2.34. The monoisotopic (exact) mass is 355 g/mol. The van der Waals surface area contributed by atoms with Crippen molar-refractivity contribution in [2.45, 2.75) is 13.8 Å². The maximum Gasteiger partial charge on any atom is 0.274 e. The lowest BCUT2D eigenvalue weighted by Crippen LogP contribution is -2.46. The topological polar surface area (TPSA) is 70.6 Å². The molecule has 7 heteroatoms. The van der Waals surface area contributed by atoms with Gasteiger partial charge in [0.05, 0.1) is 12.3 Å². The Morgan fingerprint density at radius 2 is 1.92 bits per heavy atom. The van der Waals surface area contributed by atoms with Gasteiger partial charge in [0.1, 0.15) is 23.6 Å². The quantitative estimate of drug-likeness (QED) is 0.857. The van der Waals surface area contributed by atoms with Crippen molar-refractivity contribution in [1.29, 1.82) is 0 Å².